The Bertz CT molecular complexity index is 1130. The van der Waals surface area contributed by atoms with Gasteiger partial charge in [-0.25, -0.2) is 0 Å². The summed E-state index contributed by atoms with van der Waals surface area (Å²) < 4.78 is 11.6. The van der Waals surface area contributed by atoms with E-state index in [2.05, 4.69) is 21.2 Å². The average Bonchev–Trinajstić information content (AvgIpc) is 3.38. The van der Waals surface area contributed by atoms with Crippen molar-refractivity contribution in [2.45, 2.75) is 35.9 Å². The number of anilines is 1. The second-order valence-corrected chi connectivity index (χ2v) is 9.90. The first-order valence-electron chi connectivity index (χ1n) is 11.1. The van der Waals surface area contributed by atoms with Crippen LogP contribution in [0.2, 0.25) is 0 Å². The molecular weight excluding hydrogens is 492 g/mol. The number of carbonyl (C=O) groups excluding carboxylic acids is 3. The Morgan fingerprint density at radius 1 is 1.27 bits per heavy atom. The third kappa shape index (κ3) is 3.36. The molecule has 2 bridgehead atoms. The van der Waals surface area contributed by atoms with Gasteiger partial charge in [-0.05, 0) is 36.2 Å². The van der Waals surface area contributed by atoms with Gasteiger partial charge in [-0.3, -0.25) is 14.4 Å². The lowest BCUT2D eigenvalue weighted by Crippen LogP contribution is -2.54. The number of hydrogen-bond acceptors (Lipinski definition) is 6. The van der Waals surface area contributed by atoms with Crippen LogP contribution in [0.15, 0.2) is 42.5 Å². The van der Waals surface area contributed by atoms with Gasteiger partial charge in [0.1, 0.15) is 11.6 Å². The second-order valence-electron chi connectivity index (χ2n) is 8.72. The molecule has 0 saturated carbocycles. The number of carbonyl (C=O) groups is 3. The van der Waals surface area contributed by atoms with Gasteiger partial charge in [0.05, 0.1) is 31.2 Å². The lowest BCUT2D eigenvalue weighted by atomic mass is 9.70. The number of aliphatic hydroxyl groups excluding tert-OH is 1. The minimum Gasteiger partial charge on any atom is -0.466 e. The Hall–Kier alpha value is -2.49. The fourth-order valence-electron chi connectivity index (χ4n) is 5.76. The lowest BCUT2D eigenvalue weighted by Gasteiger charge is -2.33. The zero-order chi connectivity index (χ0) is 23.3. The van der Waals surface area contributed by atoms with Crippen LogP contribution in [-0.4, -0.2) is 70.1 Å². The van der Waals surface area contributed by atoms with Crippen LogP contribution < -0.4 is 5.32 Å². The molecule has 6 atom stereocenters. The summed E-state index contributed by atoms with van der Waals surface area (Å²) in [5.41, 5.74) is -0.566. The number of alkyl halides is 1. The van der Waals surface area contributed by atoms with E-state index < -0.39 is 41.5 Å². The highest BCUT2D eigenvalue weighted by molar-refractivity contribution is 9.09. The standard InChI is InChI=1S/C24H25BrN2O6/c1-2-32-23(31)17-18-22(30)27(9-10-28)20(24(18)12-16(25)19(17)33-24)21(29)26-15-8-7-13-5-3-4-6-14(13)11-15/h3-8,11,16-20,28H,2,9-10,12H2,1H3,(H,26,29)/t16?,17-,18-,19-,20?,24?/m0/s1. The van der Waals surface area contributed by atoms with Crippen molar-refractivity contribution in [3.63, 3.8) is 0 Å². The molecule has 5 rings (SSSR count). The molecule has 3 aliphatic heterocycles. The fourth-order valence-corrected chi connectivity index (χ4v) is 6.71. The Balaban J connectivity index is 1.50. The summed E-state index contributed by atoms with van der Waals surface area (Å²) in [4.78, 5) is 41.0. The van der Waals surface area contributed by atoms with Crippen molar-refractivity contribution in [2.24, 2.45) is 11.8 Å². The molecule has 8 nitrogen and oxygen atoms in total. The predicted molar refractivity (Wildman–Crippen MR) is 124 cm³/mol. The topological polar surface area (TPSA) is 105 Å². The maximum absolute atomic E-state index is 13.6. The van der Waals surface area contributed by atoms with E-state index in [1.165, 1.54) is 4.90 Å². The number of fused-ring (bicyclic) bond motifs is 2. The lowest BCUT2D eigenvalue weighted by molar-refractivity contribution is -0.154. The summed E-state index contributed by atoms with van der Waals surface area (Å²) in [5.74, 6) is -2.88. The molecule has 1 spiro atoms. The summed E-state index contributed by atoms with van der Waals surface area (Å²) in [6.07, 6.45) is -0.146. The number of β-amino-alcohol motifs (C(OH)–C–C–N with tert-alkyl or cyclic N) is 1. The molecule has 2 aromatic rings. The van der Waals surface area contributed by atoms with E-state index in [9.17, 15) is 19.5 Å². The number of halogens is 1. The second kappa shape index (κ2) is 8.38. The van der Waals surface area contributed by atoms with Gasteiger partial charge in [0.25, 0.3) is 0 Å². The smallest absolute Gasteiger partial charge is 0.312 e. The molecule has 0 aromatic heterocycles. The molecule has 2 aromatic carbocycles. The van der Waals surface area contributed by atoms with Gasteiger partial charge >= 0.3 is 5.97 Å². The van der Waals surface area contributed by atoms with Crippen LogP contribution >= 0.6 is 15.9 Å². The van der Waals surface area contributed by atoms with Gasteiger partial charge in [0, 0.05) is 17.1 Å². The number of nitrogens with zero attached hydrogens (tertiary/aromatic N) is 1. The Kier molecular flexibility index (Phi) is 5.66. The molecule has 3 aliphatic rings. The number of nitrogens with one attached hydrogen (secondary N) is 1. The molecule has 3 saturated heterocycles. The first-order valence-corrected chi connectivity index (χ1v) is 12.0. The van der Waals surface area contributed by atoms with E-state index in [0.29, 0.717) is 12.1 Å². The van der Waals surface area contributed by atoms with Crippen molar-refractivity contribution < 1.29 is 29.0 Å². The van der Waals surface area contributed by atoms with Gasteiger partial charge in [-0.2, -0.15) is 0 Å². The van der Waals surface area contributed by atoms with Gasteiger partial charge in [-0.1, -0.05) is 46.3 Å². The SMILES string of the molecule is CCOC(=O)[C@H]1[C@H]2C(=O)N(CCO)C(C(=O)Nc3ccc4ccccc4c3)C23CC(Br)[C@@H]1O3. The number of rotatable bonds is 6. The molecule has 3 heterocycles. The molecule has 2 N–H and O–H groups in total. The molecule has 2 amide bonds. The quantitative estimate of drug-likeness (QED) is 0.449. The van der Waals surface area contributed by atoms with Gasteiger partial charge < -0.3 is 24.8 Å². The summed E-state index contributed by atoms with van der Waals surface area (Å²) in [6.45, 7) is 1.57. The van der Waals surface area contributed by atoms with E-state index in [4.69, 9.17) is 9.47 Å². The van der Waals surface area contributed by atoms with Crippen molar-refractivity contribution in [1.29, 1.82) is 0 Å². The van der Waals surface area contributed by atoms with E-state index in [-0.39, 0.29) is 30.5 Å². The number of ether oxygens (including phenoxy) is 2. The molecule has 3 unspecified atom stereocenters. The number of esters is 1. The third-order valence-corrected chi connectivity index (χ3v) is 7.80. The minimum atomic E-state index is -1.16. The normalized spacial score (nSPS) is 32.3. The van der Waals surface area contributed by atoms with Crippen LogP contribution in [0.5, 0.6) is 0 Å². The molecule has 33 heavy (non-hydrogen) atoms. The van der Waals surface area contributed by atoms with Crippen LogP contribution in [0.4, 0.5) is 5.69 Å². The van der Waals surface area contributed by atoms with Crippen molar-refractivity contribution >= 4 is 50.2 Å². The number of amides is 2. The molecule has 174 valence electrons. The molecular formula is C24H25BrN2O6. The van der Waals surface area contributed by atoms with Crippen molar-refractivity contribution in [3.05, 3.63) is 42.5 Å². The maximum Gasteiger partial charge on any atom is 0.312 e. The number of likely N-dealkylation sites (tertiary alicyclic amines) is 1. The zero-order valence-corrected chi connectivity index (χ0v) is 19.7. The third-order valence-electron chi connectivity index (χ3n) is 6.95. The van der Waals surface area contributed by atoms with Gasteiger partial charge in [0.2, 0.25) is 11.8 Å². The average molecular weight is 517 g/mol. The summed E-state index contributed by atoms with van der Waals surface area (Å²) in [5, 5.41) is 14.6. The van der Waals surface area contributed by atoms with Crippen LogP contribution in [0, 0.1) is 11.8 Å². The Morgan fingerprint density at radius 2 is 2.03 bits per heavy atom. The summed E-state index contributed by atoms with van der Waals surface area (Å²) in [7, 11) is 0. The predicted octanol–water partition coefficient (Wildman–Crippen LogP) is 2.08. The summed E-state index contributed by atoms with van der Waals surface area (Å²) >= 11 is 3.59. The largest absolute Gasteiger partial charge is 0.466 e. The maximum atomic E-state index is 13.6. The number of aliphatic hydroxyl groups is 1. The minimum absolute atomic E-state index is 0.0244. The first-order chi connectivity index (χ1) is 15.9. The molecule has 0 radical (unpaired) electrons. The molecule has 9 heteroatoms. The van der Waals surface area contributed by atoms with Crippen molar-refractivity contribution in [2.75, 3.05) is 25.1 Å². The highest BCUT2D eigenvalue weighted by Gasteiger charge is 2.76. The van der Waals surface area contributed by atoms with Crippen LogP contribution in [0.3, 0.4) is 0 Å². The number of hydrogen-bond donors (Lipinski definition) is 2. The van der Waals surface area contributed by atoms with Gasteiger partial charge in [0.15, 0.2) is 0 Å². The van der Waals surface area contributed by atoms with E-state index in [0.717, 1.165) is 10.8 Å². The van der Waals surface area contributed by atoms with Crippen LogP contribution in [0.25, 0.3) is 10.8 Å². The first kappa shape index (κ1) is 22.3. The highest BCUT2D eigenvalue weighted by atomic mass is 79.9. The molecule has 3 fully saturated rings. The zero-order valence-electron chi connectivity index (χ0n) is 18.1. The van der Waals surface area contributed by atoms with Crippen molar-refractivity contribution in [1.82, 2.24) is 4.90 Å². The number of benzene rings is 2. The highest BCUT2D eigenvalue weighted by Crippen LogP contribution is 2.60. The monoisotopic (exact) mass is 516 g/mol. The van der Waals surface area contributed by atoms with E-state index >= 15 is 0 Å². The van der Waals surface area contributed by atoms with E-state index in [1.54, 1.807) is 6.92 Å². The van der Waals surface area contributed by atoms with Crippen LogP contribution in [-0.2, 0) is 23.9 Å². The molecule has 0 aliphatic carbocycles. The van der Waals surface area contributed by atoms with Gasteiger partial charge in [-0.15, -0.1) is 0 Å². The fraction of sp³-hybridized carbons (Fsp3) is 0.458. The Morgan fingerprint density at radius 3 is 2.76 bits per heavy atom. The Labute approximate surface area is 199 Å². The van der Waals surface area contributed by atoms with E-state index in [1.807, 2.05) is 42.5 Å². The van der Waals surface area contributed by atoms with Crippen molar-refractivity contribution in [3.8, 4) is 0 Å². The van der Waals surface area contributed by atoms with Crippen LogP contribution in [0.1, 0.15) is 13.3 Å². The summed E-state index contributed by atoms with van der Waals surface area (Å²) in [6, 6.07) is 12.4.